The van der Waals surface area contributed by atoms with Crippen molar-refractivity contribution in [3.63, 3.8) is 0 Å². The number of pyridine rings is 1. The number of hydrogen-bond acceptors (Lipinski definition) is 4. The van der Waals surface area contributed by atoms with Crippen molar-refractivity contribution in [2.24, 2.45) is 0 Å². The van der Waals surface area contributed by atoms with Gasteiger partial charge in [0.2, 0.25) is 0 Å². The number of aromatic nitrogens is 2. The Morgan fingerprint density at radius 1 is 1.10 bits per heavy atom. The van der Waals surface area contributed by atoms with Crippen LogP contribution in [0.1, 0.15) is 33.6 Å². The van der Waals surface area contributed by atoms with E-state index in [4.69, 9.17) is 21.1 Å². The van der Waals surface area contributed by atoms with Crippen LogP contribution in [0, 0.1) is 0 Å². The quantitative estimate of drug-likeness (QED) is 0.523. The van der Waals surface area contributed by atoms with Crippen LogP contribution in [0.25, 0.3) is 16.8 Å². The molecular weight excluding hydrogens is 402 g/mol. The van der Waals surface area contributed by atoms with Gasteiger partial charge in [-0.2, -0.15) is 0 Å². The number of imidazole rings is 1. The number of ether oxygens (including phenoxy) is 2. The number of hydrogen-bond donors (Lipinski definition) is 0. The molecule has 1 saturated heterocycles. The average molecular weight is 428 g/mol. The Hall–Kier alpha value is -2.73. The minimum atomic E-state index is -0.475. The van der Waals surface area contributed by atoms with Gasteiger partial charge in [-0.15, -0.1) is 0 Å². The molecule has 0 saturated carbocycles. The molecule has 0 radical (unpaired) electrons. The second kappa shape index (κ2) is 8.19. The topological polar surface area (TPSA) is 56.1 Å². The number of carbonyl (C=O) groups is 1. The number of piperidine rings is 1. The van der Waals surface area contributed by atoms with Gasteiger partial charge < -0.3 is 14.4 Å². The lowest BCUT2D eigenvalue weighted by atomic mass is 10.1. The van der Waals surface area contributed by atoms with Gasteiger partial charge in [-0.1, -0.05) is 23.7 Å². The number of halogens is 1. The second-order valence-corrected chi connectivity index (χ2v) is 8.86. The van der Waals surface area contributed by atoms with Gasteiger partial charge in [-0.3, -0.25) is 4.40 Å². The number of fused-ring (bicyclic) bond motifs is 1. The van der Waals surface area contributed by atoms with Gasteiger partial charge in [-0.05, 0) is 50.6 Å². The predicted octanol–water partition coefficient (Wildman–Crippen LogP) is 5.43. The first-order chi connectivity index (χ1) is 14.3. The van der Waals surface area contributed by atoms with Gasteiger partial charge >= 0.3 is 6.09 Å². The Kier molecular flexibility index (Phi) is 5.60. The van der Waals surface area contributed by atoms with Crippen molar-refractivity contribution < 1.29 is 14.3 Å². The smallest absolute Gasteiger partial charge is 0.410 e. The normalized spacial score (nSPS) is 15.4. The Morgan fingerprint density at radius 2 is 1.80 bits per heavy atom. The minimum Gasteiger partial charge on any atom is -0.490 e. The molecule has 0 N–H and O–H groups in total. The highest BCUT2D eigenvalue weighted by atomic mass is 35.5. The molecule has 4 rings (SSSR count). The average Bonchev–Trinajstić information content (AvgIpc) is 3.18. The van der Waals surface area contributed by atoms with Crippen LogP contribution in [-0.4, -0.2) is 45.2 Å². The molecule has 1 aliphatic rings. The minimum absolute atomic E-state index is 0.0837. The third-order valence-electron chi connectivity index (χ3n) is 5.06. The van der Waals surface area contributed by atoms with E-state index in [1.54, 1.807) is 11.1 Å². The fourth-order valence-electron chi connectivity index (χ4n) is 3.56. The van der Waals surface area contributed by atoms with Crippen molar-refractivity contribution in [1.82, 2.24) is 14.3 Å². The van der Waals surface area contributed by atoms with Gasteiger partial charge in [0.25, 0.3) is 0 Å². The van der Waals surface area contributed by atoms with Crippen molar-refractivity contribution in [3.8, 4) is 16.9 Å². The fraction of sp³-hybridized carbons (Fsp3) is 0.391. The van der Waals surface area contributed by atoms with Crippen molar-refractivity contribution in [1.29, 1.82) is 0 Å². The molecule has 0 bridgehead atoms. The number of amides is 1. The maximum absolute atomic E-state index is 12.2. The summed E-state index contributed by atoms with van der Waals surface area (Å²) in [5.74, 6) is 0.814. The summed E-state index contributed by atoms with van der Waals surface area (Å²) in [7, 11) is 0. The molecule has 6 nitrogen and oxygen atoms in total. The molecular formula is C23H26ClN3O3. The van der Waals surface area contributed by atoms with E-state index in [-0.39, 0.29) is 12.2 Å². The van der Waals surface area contributed by atoms with Crippen LogP contribution < -0.4 is 4.74 Å². The van der Waals surface area contributed by atoms with E-state index in [0.717, 1.165) is 35.4 Å². The van der Waals surface area contributed by atoms with Crippen LogP contribution in [-0.2, 0) is 4.74 Å². The van der Waals surface area contributed by atoms with E-state index in [1.165, 1.54) is 0 Å². The van der Waals surface area contributed by atoms with Gasteiger partial charge in [-0.25, -0.2) is 9.78 Å². The summed E-state index contributed by atoms with van der Waals surface area (Å²) in [6.45, 7) is 6.91. The number of nitrogens with zero attached hydrogens (tertiary/aromatic N) is 3. The van der Waals surface area contributed by atoms with E-state index in [1.807, 2.05) is 67.8 Å². The highest BCUT2D eigenvalue weighted by Gasteiger charge is 2.27. The van der Waals surface area contributed by atoms with Crippen LogP contribution in [0.5, 0.6) is 5.75 Å². The van der Waals surface area contributed by atoms with Crippen molar-refractivity contribution in [2.75, 3.05) is 13.1 Å². The Labute approximate surface area is 181 Å². The number of rotatable bonds is 3. The summed E-state index contributed by atoms with van der Waals surface area (Å²) < 4.78 is 13.4. The number of carbonyl (C=O) groups excluding carboxylic acids is 1. The second-order valence-electron chi connectivity index (χ2n) is 8.50. The maximum Gasteiger partial charge on any atom is 0.410 e. The van der Waals surface area contributed by atoms with Crippen LogP contribution in [0.4, 0.5) is 4.79 Å². The van der Waals surface area contributed by atoms with Crippen LogP contribution >= 0.6 is 11.6 Å². The molecule has 1 aromatic carbocycles. The molecule has 1 aliphatic heterocycles. The van der Waals surface area contributed by atoms with Crippen LogP contribution in [0.2, 0.25) is 5.15 Å². The highest BCUT2D eigenvalue weighted by molar-refractivity contribution is 6.32. The number of likely N-dealkylation sites (tertiary alicyclic amines) is 1. The molecule has 0 aliphatic carbocycles. The zero-order chi connectivity index (χ0) is 21.3. The molecule has 3 aromatic rings. The number of benzene rings is 1. The zero-order valence-corrected chi connectivity index (χ0v) is 18.2. The van der Waals surface area contributed by atoms with Gasteiger partial charge in [0, 0.05) is 43.9 Å². The summed E-state index contributed by atoms with van der Waals surface area (Å²) in [5, 5.41) is 0.633. The van der Waals surface area contributed by atoms with Crippen molar-refractivity contribution >= 4 is 23.3 Å². The monoisotopic (exact) mass is 427 g/mol. The summed E-state index contributed by atoms with van der Waals surface area (Å²) in [4.78, 5) is 18.2. The summed E-state index contributed by atoms with van der Waals surface area (Å²) in [6.07, 6.45) is 4.98. The first-order valence-electron chi connectivity index (χ1n) is 10.2. The first-order valence-corrected chi connectivity index (χ1v) is 10.5. The lowest BCUT2D eigenvalue weighted by Gasteiger charge is -2.33. The van der Waals surface area contributed by atoms with E-state index >= 15 is 0 Å². The van der Waals surface area contributed by atoms with Crippen LogP contribution in [0.3, 0.4) is 0 Å². The highest BCUT2D eigenvalue weighted by Crippen LogP contribution is 2.30. The lowest BCUT2D eigenvalue weighted by Crippen LogP contribution is -2.44. The molecule has 158 valence electrons. The maximum atomic E-state index is 12.2. The largest absolute Gasteiger partial charge is 0.490 e. The first kappa shape index (κ1) is 20.5. The van der Waals surface area contributed by atoms with E-state index < -0.39 is 5.60 Å². The standard InChI is InChI=1S/C23H26ClN3O3/c1-23(2,3)30-22(28)26-13-10-18(11-14-26)29-17-6-4-16(5-7-17)19-8-9-20-25-12-15-27(20)21(19)24/h4-9,12,15,18H,10-11,13-14H2,1-3H3. The molecule has 1 amide bonds. The lowest BCUT2D eigenvalue weighted by molar-refractivity contribution is 0.0126. The third kappa shape index (κ3) is 4.54. The third-order valence-corrected chi connectivity index (χ3v) is 5.45. The predicted molar refractivity (Wildman–Crippen MR) is 117 cm³/mol. The van der Waals surface area contributed by atoms with Crippen molar-refractivity contribution in [3.05, 3.63) is 53.9 Å². The molecule has 30 heavy (non-hydrogen) atoms. The van der Waals surface area contributed by atoms with E-state index in [0.29, 0.717) is 18.2 Å². The zero-order valence-electron chi connectivity index (χ0n) is 17.5. The van der Waals surface area contributed by atoms with Gasteiger partial charge in [0.05, 0.1) is 0 Å². The molecule has 0 unspecified atom stereocenters. The molecule has 0 atom stereocenters. The fourth-order valence-corrected chi connectivity index (χ4v) is 3.88. The van der Waals surface area contributed by atoms with Crippen LogP contribution in [0.15, 0.2) is 48.8 Å². The van der Waals surface area contributed by atoms with E-state index in [2.05, 4.69) is 4.98 Å². The molecule has 3 heterocycles. The van der Waals surface area contributed by atoms with E-state index in [9.17, 15) is 4.79 Å². The summed E-state index contributed by atoms with van der Waals surface area (Å²) in [6, 6.07) is 11.9. The molecule has 1 fully saturated rings. The Bertz CT molecular complexity index is 1030. The SMILES string of the molecule is CC(C)(C)OC(=O)N1CCC(Oc2ccc(-c3ccc4nccn4c3Cl)cc2)CC1. The summed E-state index contributed by atoms with van der Waals surface area (Å²) >= 11 is 6.54. The Morgan fingerprint density at radius 3 is 2.47 bits per heavy atom. The molecule has 7 heteroatoms. The van der Waals surface area contributed by atoms with Crippen molar-refractivity contribution in [2.45, 2.75) is 45.3 Å². The molecule has 2 aromatic heterocycles. The van der Waals surface area contributed by atoms with Gasteiger partial charge in [0.1, 0.15) is 28.3 Å². The van der Waals surface area contributed by atoms with Gasteiger partial charge in [0.15, 0.2) is 0 Å². The molecule has 0 spiro atoms. The summed E-state index contributed by atoms with van der Waals surface area (Å²) in [5.41, 5.74) is 2.31. The Balaban J connectivity index is 1.36.